The van der Waals surface area contributed by atoms with Crippen molar-refractivity contribution in [3.63, 3.8) is 0 Å². The molecule has 3 aromatic carbocycles. The lowest BCUT2D eigenvalue weighted by atomic mass is 10.2. The second-order valence-corrected chi connectivity index (χ2v) is 7.83. The van der Waals surface area contributed by atoms with Gasteiger partial charge in [0.2, 0.25) is 11.8 Å². The highest BCUT2D eigenvalue weighted by Gasteiger charge is 2.28. The van der Waals surface area contributed by atoms with Crippen molar-refractivity contribution >= 4 is 46.5 Å². The lowest BCUT2D eigenvalue weighted by molar-refractivity contribution is -0.122. The summed E-state index contributed by atoms with van der Waals surface area (Å²) in [7, 11) is 0. The molecule has 0 aromatic heterocycles. The van der Waals surface area contributed by atoms with Gasteiger partial charge >= 0.3 is 6.03 Å². The average Bonchev–Trinajstić information content (AvgIpc) is 2.80. The van der Waals surface area contributed by atoms with E-state index < -0.39 is 23.9 Å². The number of amides is 4. The zero-order valence-electron chi connectivity index (χ0n) is 18.3. The quantitative estimate of drug-likeness (QED) is 0.467. The van der Waals surface area contributed by atoms with Crippen LogP contribution in [0.2, 0.25) is 5.02 Å². The average molecular weight is 465 g/mol. The van der Waals surface area contributed by atoms with Gasteiger partial charge < -0.3 is 16.0 Å². The van der Waals surface area contributed by atoms with Crippen LogP contribution < -0.4 is 20.9 Å². The van der Waals surface area contributed by atoms with Crippen LogP contribution in [0.5, 0.6) is 0 Å². The van der Waals surface area contributed by atoms with Gasteiger partial charge in [0, 0.05) is 11.4 Å². The number of aryl methyl sites for hydroxylation is 1. The Morgan fingerprint density at radius 3 is 2.30 bits per heavy atom. The Hall–Kier alpha value is -3.84. The van der Waals surface area contributed by atoms with E-state index in [0.717, 1.165) is 5.56 Å². The summed E-state index contributed by atoms with van der Waals surface area (Å²) in [6.07, 6.45) is 0. The van der Waals surface area contributed by atoms with Crippen LogP contribution >= 0.6 is 11.6 Å². The topological polar surface area (TPSA) is 90.5 Å². The summed E-state index contributed by atoms with van der Waals surface area (Å²) in [4.78, 5) is 39.7. The van der Waals surface area contributed by atoms with E-state index in [9.17, 15) is 14.4 Å². The van der Waals surface area contributed by atoms with Crippen molar-refractivity contribution in [2.75, 3.05) is 22.1 Å². The number of carbonyl (C=O) groups is 3. The molecule has 8 heteroatoms. The van der Waals surface area contributed by atoms with E-state index in [1.165, 1.54) is 4.90 Å². The summed E-state index contributed by atoms with van der Waals surface area (Å²) in [5.41, 5.74) is 2.60. The standard InChI is InChI=1S/C25H25ClN4O3/c1-17-9-8-10-19(15-17)28-25(33)27-16-23(31)30(20-11-4-3-5-12-20)18(2)24(32)29-22-14-7-6-13-21(22)26/h3-15,18H,16H2,1-2H3,(H,29,32)(H2,27,28,33). The first-order valence-electron chi connectivity index (χ1n) is 10.4. The molecule has 0 saturated carbocycles. The number of hydrogen-bond acceptors (Lipinski definition) is 3. The number of benzene rings is 3. The molecule has 7 nitrogen and oxygen atoms in total. The fourth-order valence-electron chi connectivity index (χ4n) is 3.23. The van der Waals surface area contributed by atoms with Crippen LogP contribution in [-0.4, -0.2) is 30.4 Å². The molecule has 0 aliphatic carbocycles. The Kier molecular flexibility index (Phi) is 8.05. The number of para-hydroxylation sites is 2. The SMILES string of the molecule is Cc1cccc(NC(=O)NCC(=O)N(c2ccccc2)C(C)C(=O)Nc2ccccc2Cl)c1. The number of urea groups is 1. The van der Waals surface area contributed by atoms with Gasteiger partial charge in [0.1, 0.15) is 6.04 Å². The lowest BCUT2D eigenvalue weighted by Crippen LogP contribution is -2.50. The third-order valence-corrected chi connectivity index (χ3v) is 5.21. The molecule has 170 valence electrons. The summed E-state index contributed by atoms with van der Waals surface area (Å²) in [6, 6.07) is 21.6. The predicted molar refractivity (Wildman–Crippen MR) is 132 cm³/mol. The highest BCUT2D eigenvalue weighted by molar-refractivity contribution is 6.33. The van der Waals surface area contributed by atoms with Gasteiger partial charge in [-0.2, -0.15) is 0 Å². The van der Waals surface area contributed by atoms with E-state index >= 15 is 0 Å². The molecular weight excluding hydrogens is 440 g/mol. The van der Waals surface area contributed by atoms with Crippen molar-refractivity contribution < 1.29 is 14.4 Å². The van der Waals surface area contributed by atoms with E-state index in [2.05, 4.69) is 16.0 Å². The first-order valence-corrected chi connectivity index (χ1v) is 10.8. The Bertz CT molecular complexity index is 1140. The summed E-state index contributed by atoms with van der Waals surface area (Å²) in [6.45, 7) is 3.24. The van der Waals surface area contributed by atoms with Gasteiger partial charge in [0.05, 0.1) is 17.3 Å². The number of halogens is 1. The number of hydrogen-bond donors (Lipinski definition) is 3. The summed E-state index contributed by atoms with van der Waals surface area (Å²) >= 11 is 6.14. The molecule has 0 fully saturated rings. The second kappa shape index (κ2) is 11.2. The lowest BCUT2D eigenvalue weighted by Gasteiger charge is -2.29. The van der Waals surface area contributed by atoms with Crippen LogP contribution in [0, 0.1) is 6.92 Å². The van der Waals surface area contributed by atoms with Crippen molar-refractivity contribution in [1.29, 1.82) is 0 Å². The fourth-order valence-corrected chi connectivity index (χ4v) is 3.41. The molecule has 4 amide bonds. The minimum absolute atomic E-state index is 0.295. The molecule has 3 N–H and O–H groups in total. The van der Waals surface area contributed by atoms with Crippen molar-refractivity contribution in [2.24, 2.45) is 0 Å². The molecule has 0 aliphatic rings. The van der Waals surface area contributed by atoms with Crippen molar-refractivity contribution in [3.05, 3.63) is 89.4 Å². The number of rotatable bonds is 7. The van der Waals surface area contributed by atoms with E-state index in [4.69, 9.17) is 11.6 Å². The predicted octanol–water partition coefficient (Wildman–Crippen LogP) is 4.83. The maximum atomic E-state index is 13.1. The molecule has 3 aromatic rings. The molecule has 0 saturated heterocycles. The van der Waals surface area contributed by atoms with Crippen molar-refractivity contribution in [2.45, 2.75) is 19.9 Å². The smallest absolute Gasteiger partial charge is 0.319 e. The van der Waals surface area contributed by atoms with E-state index in [0.29, 0.717) is 22.1 Å². The molecule has 0 heterocycles. The third-order valence-electron chi connectivity index (χ3n) is 4.88. The maximum Gasteiger partial charge on any atom is 0.319 e. The fraction of sp³-hybridized carbons (Fsp3) is 0.160. The summed E-state index contributed by atoms with van der Waals surface area (Å²) in [5.74, 6) is -0.855. The largest absolute Gasteiger partial charge is 0.329 e. The monoisotopic (exact) mass is 464 g/mol. The Labute approximate surface area is 197 Å². The van der Waals surface area contributed by atoms with E-state index in [-0.39, 0.29) is 6.54 Å². The molecule has 0 radical (unpaired) electrons. The first-order chi connectivity index (χ1) is 15.8. The van der Waals surface area contributed by atoms with E-state index in [1.807, 2.05) is 31.2 Å². The molecule has 3 rings (SSSR count). The number of nitrogens with one attached hydrogen (secondary N) is 3. The van der Waals surface area contributed by atoms with Crippen LogP contribution in [0.15, 0.2) is 78.9 Å². The van der Waals surface area contributed by atoms with Gasteiger partial charge in [-0.15, -0.1) is 0 Å². The highest BCUT2D eigenvalue weighted by Crippen LogP contribution is 2.22. The number of carbonyl (C=O) groups excluding carboxylic acids is 3. The van der Waals surface area contributed by atoms with Gasteiger partial charge in [-0.05, 0) is 55.8 Å². The second-order valence-electron chi connectivity index (χ2n) is 7.42. The number of nitrogens with zero attached hydrogens (tertiary/aromatic N) is 1. The Morgan fingerprint density at radius 2 is 1.61 bits per heavy atom. The molecule has 0 aliphatic heterocycles. The first kappa shape index (κ1) is 23.8. The van der Waals surface area contributed by atoms with Gasteiger partial charge in [-0.25, -0.2) is 4.79 Å². The van der Waals surface area contributed by atoms with Crippen LogP contribution in [0.3, 0.4) is 0 Å². The number of anilines is 3. The Morgan fingerprint density at radius 1 is 0.909 bits per heavy atom. The Balaban J connectivity index is 1.70. The maximum absolute atomic E-state index is 13.1. The minimum Gasteiger partial charge on any atom is -0.329 e. The molecule has 1 atom stereocenters. The highest BCUT2D eigenvalue weighted by atomic mass is 35.5. The normalized spacial score (nSPS) is 11.2. The van der Waals surface area contributed by atoms with Gasteiger partial charge in [0.15, 0.2) is 0 Å². The van der Waals surface area contributed by atoms with Gasteiger partial charge in [-0.3, -0.25) is 14.5 Å². The molecule has 0 bridgehead atoms. The van der Waals surface area contributed by atoms with Crippen LogP contribution in [0.1, 0.15) is 12.5 Å². The summed E-state index contributed by atoms with van der Waals surface area (Å²) < 4.78 is 0. The van der Waals surface area contributed by atoms with Crippen molar-refractivity contribution in [1.82, 2.24) is 5.32 Å². The van der Waals surface area contributed by atoms with Gasteiger partial charge in [-0.1, -0.05) is 54.1 Å². The zero-order chi connectivity index (χ0) is 23.8. The minimum atomic E-state index is -0.863. The summed E-state index contributed by atoms with van der Waals surface area (Å²) in [5, 5.41) is 8.40. The molecule has 0 spiro atoms. The van der Waals surface area contributed by atoms with E-state index in [1.54, 1.807) is 61.5 Å². The van der Waals surface area contributed by atoms with Crippen LogP contribution in [0.25, 0.3) is 0 Å². The molecular formula is C25H25ClN4O3. The van der Waals surface area contributed by atoms with Crippen LogP contribution in [-0.2, 0) is 9.59 Å². The molecule has 33 heavy (non-hydrogen) atoms. The van der Waals surface area contributed by atoms with Gasteiger partial charge in [0.25, 0.3) is 0 Å². The van der Waals surface area contributed by atoms with Crippen molar-refractivity contribution in [3.8, 4) is 0 Å². The molecule has 1 unspecified atom stereocenters. The van der Waals surface area contributed by atoms with Crippen LogP contribution in [0.4, 0.5) is 21.9 Å². The zero-order valence-corrected chi connectivity index (χ0v) is 19.1. The third kappa shape index (κ3) is 6.57.